The average molecular weight is 665 g/mol. The Kier molecular flexibility index (Phi) is 11.6. The van der Waals surface area contributed by atoms with Crippen LogP contribution in [0.1, 0.15) is 37.8 Å². The van der Waals surface area contributed by atoms with Crippen LogP contribution in [-0.2, 0) is 26.2 Å². The molecule has 220 valence electrons. The van der Waals surface area contributed by atoms with Crippen molar-refractivity contribution in [3.8, 4) is 5.75 Å². The van der Waals surface area contributed by atoms with Gasteiger partial charge in [0.1, 0.15) is 18.3 Å². The summed E-state index contributed by atoms with van der Waals surface area (Å²) in [7, 11) is -2.74. The third kappa shape index (κ3) is 8.47. The molecule has 11 heteroatoms. The molecule has 2 amide bonds. The summed E-state index contributed by atoms with van der Waals surface area (Å²) >= 11 is 9.82. The van der Waals surface area contributed by atoms with Gasteiger partial charge in [-0.25, -0.2) is 8.42 Å². The summed E-state index contributed by atoms with van der Waals surface area (Å²) < 4.78 is 35.0. The average Bonchev–Trinajstić information content (AvgIpc) is 2.94. The van der Waals surface area contributed by atoms with Crippen LogP contribution in [-0.4, -0.2) is 51.4 Å². The van der Waals surface area contributed by atoms with Crippen LogP contribution in [0.2, 0.25) is 5.02 Å². The first-order valence-corrected chi connectivity index (χ1v) is 15.8. The molecule has 8 nitrogen and oxygen atoms in total. The van der Waals surface area contributed by atoms with E-state index in [1.165, 1.54) is 36.3 Å². The number of methoxy groups -OCH3 is 1. The van der Waals surface area contributed by atoms with E-state index in [2.05, 4.69) is 21.2 Å². The molecular formula is C30H35BrClN3O5S. The molecule has 0 aliphatic heterocycles. The second kappa shape index (κ2) is 14.7. The van der Waals surface area contributed by atoms with Gasteiger partial charge in [-0.3, -0.25) is 13.9 Å². The number of amides is 2. The van der Waals surface area contributed by atoms with Crippen LogP contribution in [0.3, 0.4) is 0 Å². The van der Waals surface area contributed by atoms with E-state index in [0.717, 1.165) is 32.7 Å². The highest BCUT2D eigenvalue weighted by molar-refractivity contribution is 9.10. The van der Waals surface area contributed by atoms with Gasteiger partial charge in [0.25, 0.3) is 10.0 Å². The zero-order chi connectivity index (χ0) is 30.2. The van der Waals surface area contributed by atoms with Crippen LogP contribution in [0.15, 0.2) is 76.1 Å². The number of ether oxygens (including phenoxy) is 1. The van der Waals surface area contributed by atoms with Gasteiger partial charge in [-0.15, -0.1) is 0 Å². The van der Waals surface area contributed by atoms with Crippen LogP contribution in [0.5, 0.6) is 5.75 Å². The van der Waals surface area contributed by atoms with Crippen LogP contribution in [0, 0.1) is 6.92 Å². The molecule has 1 atom stereocenters. The standard InChI is InChI=1S/C30H35BrClN3O5S/c1-5-6-16-33-30(37)22(3)34(19-23-8-7-9-24(31)17-23)29(36)20-35(25-12-15-28(40-4)27(32)18-25)41(38,39)26-13-10-21(2)11-14-26/h7-15,17-18,22H,5-6,16,19-20H2,1-4H3,(H,33,37)/t22-/m1/s1. The summed E-state index contributed by atoms with van der Waals surface area (Å²) in [5, 5.41) is 3.07. The number of aryl methyl sites for hydroxylation is 1. The lowest BCUT2D eigenvalue weighted by Crippen LogP contribution is -2.51. The van der Waals surface area contributed by atoms with Gasteiger partial charge < -0.3 is 15.0 Å². The van der Waals surface area contributed by atoms with Crippen LogP contribution < -0.4 is 14.4 Å². The topological polar surface area (TPSA) is 96.0 Å². The molecule has 0 heterocycles. The largest absolute Gasteiger partial charge is 0.495 e. The predicted molar refractivity (Wildman–Crippen MR) is 166 cm³/mol. The normalized spacial score (nSPS) is 12.0. The van der Waals surface area contributed by atoms with E-state index >= 15 is 0 Å². The van der Waals surface area contributed by atoms with E-state index in [-0.39, 0.29) is 28.1 Å². The van der Waals surface area contributed by atoms with Crippen molar-refractivity contribution in [2.24, 2.45) is 0 Å². The van der Waals surface area contributed by atoms with Gasteiger partial charge in [0.15, 0.2) is 0 Å². The molecule has 0 aliphatic carbocycles. The first kappa shape index (κ1) is 32.4. The minimum atomic E-state index is -4.20. The van der Waals surface area contributed by atoms with Crippen molar-refractivity contribution in [2.75, 3.05) is 24.5 Å². The monoisotopic (exact) mass is 663 g/mol. The molecule has 3 aromatic carbocycles. The molecule has 0 bridgehead atoms. The highest BCUT2D eigenvalue weighted by atomic mass is 79.9. The number of unbranched alkanes of at least 4 members (excludes halogenated alkanes) is 1. The third-order valence-corrected chi connectivity index (χ3v) is 9.13. The highest BCUT2D eigenvalue weighted by Gasteiger charge is 2.32. The third-order valence-electron chi connectivity index (χ3n) is 6.55. The molecule has 0 unspecified atom stereocenters. The zero-order valence-corrected chi connectivity index (χ0v) is 26.7. The number of hydrogen-bond donors (Lipinski definition) is 1. The molecule has 1 N–H and O–H groups in total. The molecule has 0 fully saturated rings. The molecule has 0 saturated heterocycles. The fourth-order valence-corrected chi connectivity index (χ4v) is 6.23. The summed E-state index contributed by atoms with van der Waals surface area (Å²) in [6.07, 6.45) is 1.71. The fraction of sp³-hybridized carbons (Fsp3) is 0.333. The number of anilines is 1. The Hall–Kier alpha value is -3.08. The van der Waals surface area contributed by atoms with Gasteiger partial charge in [-0.2, -0.15) is 0 Å². The Morgan fingerprint density at radius 3 is 2.39 bits per heavy atom. The number of sulfonamides is 1. The van der Waals surface area contributed by atoms with E-state index in [9.17, 15) is 18.0 Å². The van der Waals surface area contributed by atoms with Crippen LogP contribution in [0.4, 0.5) is 5.69 Å². The van der Waals surface area contributed by atoms with Crippen molar-refractivity contribution < 1.29 is 22.7 Å². The molecule has 3 aromatic rings. The Morgan fingerprint density at radius 2 is 1.78 bits per heavy atom. The summed E-state index contributed by atoms with van der Waals surface area (Å²) in [5.41, 5.74) is 1.86. The number of rotatable bonds is 13. The first-order valence-electron chi connectivity index (χ1n) is 13.2. The number of benzene rings is 3. The van der Waals surface area contributed by atoms with E-state index in [1.54, 1.807) is 25.1 Å². The van der Waals surface area contributed by atoms with E-state index in [0.29, 0.717) is 12.3 Å². The Balaban J connectivity index is 2.04. The summed E-state index contributed by atoms with van der Waals surface area (Å²) in [4.78, 5) is 28.5. The fourth-order valence-electron chi connectivity index (χ4n) is 4.13. The van der Waals surface area contributed by atoms with Crippen molar-refractivity contribution in [1.82, 2.24) is 10.2 Å². The maximum atomic E-state index is 14.0. The van der Waals surface area contributed by atoms with Crippen molar-refractivity contribution in [1.29, 1.82) is 0 Å². The summed E-state index contributed by atoms with van der Waals surface area (Å²) in [6.45, 7) is 5.54. The predicted octanol–water partition coefficient (Wildman–Crippen LogP) is 5.95. The molecule has 41 heavy (non-hydrogen) atoms. The lowest BCUT2D eigenvalue weighted by Gasteiger charge is -2.32. The lowest BCUT2D eigenvalue weighted by atomic mass is 10.1. The maximum absolute atomic E-state index is 14.0. The second-order valence-corrected chi connectivity index (χ2v) is 12.8. The maximum Gasteiger partial charge on any atom is 0.264 e. The van der Waals surface area contributed by atoms with E-state index < -0.39 is 28.5 Å². The zero-order valence-electron chi connectivity index (χ0n) is 23.6. The number of halogens is 2. The SMILES string of the molecule is CCCCNC(=O)[C@@H](C)N(Cc1cccc(Br)c1)C(=O)CN(c1ccc(OC)c(Cl)c1)S(=O)(=O)c1ccc(C)cc1. The molecule has 0 radical (unpaired) electrons. The van der Waals surface area contributed by atoms with Gasteiger partial charge in [0.05, 0.1) is 22.7 Å². The Bertz CT molecular complexity index is 1470. The van der Waals surface area contributed by atoms with Gasteiger partial charge in [0, 0.05) is 17.6 Å². The van der Waals surface area contributed by atoms with Gasteiger partial charge in [-0.05, 0) is 68.3 Å². The Morgan fingerprint density at radius 1 is 1.07 bits per heavy atom. The number of nitrogens with one attached hydrogen (secondary N) is 1. The van der Waals surface area contributed by atoms with E-state index in [4.69, 9.17) is 16.3 Å². The quantitative estimate of drug-likeness (QED) is 0.228. The molecule has 0 saturated carbocycles. The smallest absolute Gasteiger partial charge is 0.264 e. The molecule has 0 spiro atoms. The number of nitrogens with zero attached hydrogens (tertiary/aromatic N) is 2. The lowest BCUT2D eigenvalue weighted by molar-refractivity contribution is -0.139. The van der Waals surface area contributed by atoms with E-state index in [1.807, 2.05) is 38.1 Å². The van der Waals surface area contributed by atoms with Crippen LogP contribution in [0.25, 0.3) is 0 Å². The Labute approximate surface area is 255 Å². The van der Waals surface area contributed by atoms with Gasteiger partial charge >= 0.3 is 0 Å². The summed E-state index contributed by atoms with van der Waals surface area (Å²) in [5.74, 6) is -0.504. The molecule has 0 aliphatic rings. The number of carbonyl (C=O) groups excluding carboxylic acids is 2. The van der Waals surface area contributed by atoms with Crippen molar-refractivity contribution in [2.45, 2.75) is 51.1 Å². The van der Waals surface area contributed by atoms with Crippen LogP contribution >= 0.6 is 27.5 Å². The van der Waals surface area contributed by atoms with Gasteiger partial charge in [0.2, 0.25) is 11.8 Å². The minimum absolute atomic E-state index is 0.0201. The van der Waals surface area contributed by atoms with Crippen molar-refractivity contribution >= 4 is 55.1 Å². The van der Waals surface area contributed by atoms with Crippen molar-refractivity contribution in [3.63, 3.8) is 0 Å². The van der Waals surface area contributed by atoms with Crippen molar-refractivity contribution in [3.05, 3.63) is 87.4 Å². The number of hydrogen-bond acceptors (Lipinski definition) is 5. The second-order valence-electron chi connectivity index (χ2n) is 9.62. The first-order chi connectivity index (χ1) is 19.5. The summed E-state index contributed by atoms with van der Waals surface area (Å²) in [6, 6.07) is 17.4. The molecule has 0 aromatic heterocycles. The number of carbonyl (C=O) groups is 2. The minimum Gasteiger partial charge on any atom is -0.495 e. The highest BCUT2D eigenvalue weighted by Crippen LogP contribution is 2.32. The molecular weight excluding hydrogens is 630 g/mol. The van der Waals surface area contributed by atoms with Gasteiger partial charge in [-0.1, -0.05) is 70.7 Å². The molecule has 3 rings (SSSR count).